The average Bonchev–Trinajstić information content (AvgIpc) is 2.53. The lowest BCUT2D eigenvalue weighted by Crippen LogP contribution is -2.14. The van der Waals surface area contributed by atoms with Crippen LogP contribution in [0.5, 0.6) is 5.75 Å². The molecule has 0 spiro atoms. The number of fused-ring (bicyclic) bond motifs is 1. The van der Waals surface area contributed by atoms with Crippen LogP contribution in [0.1, 0.15) is 15.9 Å². The lowest BCUT2D eigenvalue weighted by molar-refractivity contribution is 0.102. The molecule has 0 heterocycles. The van der Waals surface area contributed by atoms with Crippen molar-refractivity contribution in [2.75, 3.05) is 11.1 Å². The molecule has 3 aromatic carbocycles. The molecule has 0 fully saturated rings. The number of hydrogen-bond donors (Lipinski definition) is 4. The maximum Gasteiger partial charge on any atom is 0.295 e. The monoisotopic (exact) mass is 372 g/mol. The molecule has 0 bridgehead atoms. The van der Waals surface area contributed by atoms with Crippen LogP contribution in [0.3, 0.4) is 0 Å². The Hall–Kier alpha value is -3.10. The third-order valence-electron chi connectivity index (χ3n) is 3.96. The van der Waals surface area contributed by atoms with Gasteiger partial charge in [0, 0.05) is 16.5 Å². The maximum atomic E-state index is 12.5. The minimum Gasteiger partial charge on any atom is -0.507 e. The molecule has 0 unspecified atom stereocenters. The molecule has 0 aliphatic heterocycles. The highest BCUT2D eigenvalue weighted by Gasteiger charge is 2.19. The molecule has 26 heavy (non-hydrogen) atoms. The summed E-state index contributed by atoms with van der Waals surface area (Å²) in [6.45, 7) is 1.84. The van der Waals surface area contributed by atoms with Crippen molar-refractivity contribution in [1.29, 1.82) is 0 Å². The highest BCUT2D eigenvalue weighted by molar-refractivity contribution is 7.86. The summed E-state index contributed by atoms with van der Waals surface area (Å²) in [6, 6.07) is 11.7. The maximum absolute atomic E-state index is 12.5. The van der Waals surface area contributed by atoms with Gasteiger partial charge in [-0.2, -0.15) is 8.42 Å². The number of phenolic OH excluding ortho intramolecular Hbond substituents is 1. The van der Waals surface area contributed by atoms with Gasteiger partial charge in [0.05, 0.1) is 11.3 Å². The molecule has 0 saturated heterocycles. The SMILES string of the molecule is Cc1ccc(C(=O)Nc2ccc(S(=O)(=O)O)c3cccc(O)c23)c(N)c1. The molecule has 0 aromatic heterocycles. The number of aryl methyl sites for hydroxylation is 1. The highest BCUT2D eigenvalue weighted by atomic mass is 32.2. The normalized spacial score (nSPS) is 11.5. The fraction of sp³-hybridized carbons (Fsp3) is 0.0556. The van der Waals surface area contributed by atoms with Crippen LogP contribution in [0.4, 0.5) is 11.4 Å². The summed E-state index contributed by atoms with van der Waals surface area (Å²) >= 11 is 0. The number of carbonyl (C=O) groups is 1. The quantitative estimate of drug-likeness (QED) is 0.413. The van der Waals surface area contributed by atoms with E-state index in [4.69, 9.17) is 5.73 Å². The molecular formula is C18H16N2O5S. The second kappa shape index (κ2) is 6.32. The number of nitrogens with two attached hydrogens (primary N) is 1. The molecule has 5 N–H and O–H groups in total. The molecule has 0 aliphatic carbocycles. The molecule has 0 aliphatic rings. The van der Waals surface area contributed by atoms with Gasteiger partial charge in [0.1, 0.15) is 10.6 Å². The van der Waals surface area contributed by atoms with Gasteiger partial charge in [0.2, 0.25) is 0 Å². The van der Waals surface area contributed by atoms with Gasteiger partial charge in [-0.25, -0.2) is 0 Å². The van der Waals surface area contributed by atoms with Gasteiger partial charge in [0.25, 0.3) is 16.0 Å². The summed E-state index contributed by atoms with van der Waals surface area (Å²) in [5, 5.41) is 13.0. The number of aromatic hydroxyl groups is 1. The summed E-state index contributed by atoms with van der Waals surface area (Å²) in [4.78, 5) is 12.2. The lowest BCUT2D eigenvalue weighted by atomic mass is 10.1. The van der Waals surface area contributed by atoms with Crippen molar-refractivity contribution in [3.63, 3.8) is 0 Å². The number of rotatable bonds is 3. The van der Waals surface area contributed by atoms with E-state index in [-0.39, 0.29) is 32.7 Å². The Morgan fingerprint density at radius 3 is 2.50 bits per heavy atom. The van der Waals surface area contributed by atoms with Crippen molar-refractivity contribution in [1.82, 2.24) is 0 Å². The first kappa shape index (κ1) is 17.7. The summed E-state index contributed by atoms with van der Waals surface area (Å²) < 4.78 is 32.5. The first-order valence-electron chi connectivity index (χ1n) is 7.58. The second-order valence-corrected chi connectivity index (χ2v) is 7.22. The van der Waals surface area contributed by atoms with E-state index in [9.17, 15) is 22.9 Å². The number of hydrogen-bond acceptors (Lipinski definition) is 5. The first-order chi connectivity index (χ1) is 12.2. The van der Waals surface area contributed by atoms with E-state index < -0.39 is 16.0 Å². The Morgan fingerprint density at radius 1 is 1.12 bits per heavy atom. The molecule has 3 rings (SSSR count). The molecule has 3 aromatic rings. The number of anilines is 2. The number of benzene rings is 3. The van der Waals surface area contributed by atoms with Crippen LogP contribution in [0, 0.1) is 6.92 Å². The molecule has 134 valence electrons. The fourth-order valence-corrected chi connectivity index (χ4v) is 3.46. The first-order valence-corrected chi connectivity index (χ1v) is 9.02. The van der Waals surface area contributed by atoms with Crippen molar-refractivity contribution >= 4 is 38.2 Å². The van der Waals surface area contributed by atoms with Gasteiger partial charge in [-0.15, -0.1) is 0 Å². The van der Waals surface area contributed by atoms with Crippen LogP contribution in [0.25, 0.3) is 10.8 Å². The van der Waals surface area contributed by atoms with Crippen molar-refractivity contribution in [2.24, 2.45) is 0 Å². The van der Waals surface area contributed by atoms with Crippen LogP contribution in [-0.2, 0) is 10.1 Å². The summed E-state index contributed by atoms with van der Waals surface area (Å²) in [6.07, 6.45) is 0. The largest absolute Gasteiger partial charge is 0.507 e. The number of nitrogen functional groups attached to an aromatic ring is 1. The van der Waals surface area contributed by atoms with Crippen LogP contribution < -0.4 is 11.1 Å². The zero-order chi connectivity index (χ0) is 19.1. The standard InChI is InChI=1S/C18H16N2O5S/c1-10-5-6-11(13(19)9-10)18(22)20-14-7-8-16(26(23,24)25)12-3-2-4-15(21)17(12)14/h2-9,21H,19H2,1H3,(H,20,22)(H,23,24,25). The van der Waals surface area contributed by atoms with Crippen LogP contribution >= 0.6 is 0 Å². The van der Waals surface area contributed by atoms with E-state index in [1.165, 1.54) is 24.3 Å². The average molecular weight is 372 g/mol. The Morgan fingerprint density at radius 2 is 1.85 bits per heavy atom. The second-order valence-electron chi connectivity index (χ2n) is 5.83. The zero-order valence-corrected chi connectivity index (χ0v) is 14.5. The smallest absolute Gasteiger partial charge is 0.295 e. The minimum atomic E-state index is -4.50. The molecule has 0 radical (unpaired) electrons. The summed E-state index contributed by atoms with van der Waals surface area (Å²) in [5.74, 6) is -0.744. The van der Waals surface area contributed by atoms with Crippen molar-refractivity contribution in [2.45, 2.75) is 11.8 Å². The highest BCUT2D eigenvalue weighted by Crippen LogP contribution is 2.36. The van der Waals surface area contributed by atoms with Gasteiger partial charge >= 0.3 is 0 Å². The minimum absolute atomic E-state index is 0.0854. The van der Waals surface area contributed by atoms with Gasteiger partial charge in [0.15, 0.2) is 0 Å². The van der Waals surface area contributed by atoms with Crippen molar-refractivity contribution in [3.8, 4) is 5.75 Å². The van der Waals surface area contributed by atoms with E-state index in [0.717, 1.165) is 11.6 Å². The third kappa shape index (κ3) is 3.19. The predicted octanol–water partition coefficient (Wildman–Crippen LogP) is 2.94. The van der Waals surface area contributed by atoms with E-state index in [0.29, 0.717) is 5.69 Å². The topological polar surface area (TPSA) is 130 Å². The fourth-order valence-electron chi connectivity index (χ4n) is 2.77. The summed E-state index contributed by atoms with van der Waals surface area (Å²) in [7, 11) is -4.50. The number of nitrogens with one attached hydrogen (secondary N) is 1. The molecule has 0 atom stereocenters. The summed E-state index contributed by atoms with van der Waals surface area (Å²) in [5.41, 5.74) is 7.51. The molecule has 1 amide bonds. The number of carbonyl (C=O) groups excluding carboxylic acids is 1. The Kier molecular flexibility index (Phi) is 4.31. The van der Waals surface area contributed by atoms with Gasteiger partial charge in [-0.05, 0) is 42.8 Å². The zero-order valence-electron chi connectivity index (χ0n) is 13.7. The van der Waals surface area contributed by atoms with E-state index in [2.05, 4.69) is 5.32 Å². The van der Waals surface area contributed by atoms with E-state index in [1.54, 1.807) is 18.2 Å². The number of phenols is 1. The lowest BCUT2D eigenvalue weighted by Gasteiger charge is -2.13. The Bertz CT molecular complexity index is 1140. The molecule has 7 nitrogen and oxygen atoms in total. The van der Waals surface area contributed by atoms with E-state index in [1.807, 2.05) is 6.92 Å². The van der Waals surface area contributed by atoms with Gasteiger partial charge in [-0.1, -0.05) is 18.2 Å². The van der Waals surface area contributed by atoms with Gasteiger partial charge in [-0.3, -0.25) is 9.35 Å². The Labute approximate surface area is 149 Å². The van der Waals surface area contributed by atoms with Crippen molar-refractivity contribution < 1.29 is 22.9 Å². The molecule has 8 heteroatoms. The van der Waals surface area contributed by atoms with Crippen LogP contribution in [-0.4, -0.2) is 24.0 Å². The molecule has 0 saturated carbocycles. The van der Waals surface area contributed by atoms with Gasteiger partial charge < -0.3 is 16.2 Å². The predicted molar refractivity (Wildman–Crippen MR) is 99.0 cm³/mol. The van der Waals surface area contributed by atoms with Crippen molar-refractivity contribution in [3.05, 3.63) is 59.7 Å². The van der Waals surface area contributed by atoms with Crippen LogP contribution in [0.15, 0.2) is 53.4 Å². The Balaban J connectivity index is 2.13. The molecular weight excluding hydrogens is 356 g/mol. The number of amides is 1. The van der Waals surface area contributed by atoms with Crippen LogP contribution in [0.2, 0.25) is 0 Å². The van der Waals surface area contributed by atoms with E-state index >= 15 is 0 Å². The third-order valence-corrected chi connectivity index (χ3v) is 4.87.